The molecule has 0 aliphatic heterocycles. The van der Waals surface area contributed by atoms with Crippen molar-refractivity contribution >= 4 is 23.0 Å². The predicted octanol–water partition coefficient (Wildman–Crippen LogP) is 4.16. The minimum absolute atomic E-state index is 0.0744. The van der Waals surface area contributed by atoms with Crippen LogP contribution >= 0.6 is 0 Å². The summed E-state index contributed by atoms with van der Waals surface area (Å²) in [6.07, 6.45) is 3.65. The summed E-state index contributed by atoms with van der Waals surface area (Å²) < 4.78 is 2.16. The van der Waals surface area contributed by atoms with E-state index in [4.69, 9.17) is 0 Å². The Morgan fingerprint density at radius 2 is 1.68 bits per heavy atom. The third-order valence-electron chi connectivity index (χ3n) is 4.53. The van der Waals surface area contributed by atoms with Crippen molar-refractivity contribution in [2.75, 3.05) is 0 Å². The number of hydrogen-bond acceptors (Lipinski definition) is 3. The fourth-order valence-corrected chi connectivity index (χ4v) is 3.18. The monoisotopic (exact) mass is 369 g/mol. The average molecular weight is 369 g/mol. The smallest absolute Gasteiger partial charge is 0.275 e. The number of amides is 1. The van der Waals surface area contributed by atoms with E-state index >= 15 is 0 Å². The van der Waals surface area contributed by atoms with E-state index in [1.807, 2.05) is 42.6 Å². The summed E-state index contributed by atoms with van der Waals surface area (Å²) in [5.41, 5.74) is 5.87. The summed E-state index contributed by atoms with van der Waals surface area (Å²) in [5.74, 6) is -0.531. The van der Waals surface area contributed by atoms with Gasteiger partial charge >= 0.3 is 0 Å². The van der Waals surface area contributed by atoms with Crippen molar-refractivity contribution in [1.82, 2.24) is 9.99 Å². The number of nitrogens with one attached hydrogen (secondary N) is 1. The second-order valence-electron chi connectivity index (χ2n) is 6.43. The fourth-order valence-electron chi connectivity index (χ4n) is 3.18. The third kappa shape index (κ3) is 3.64. The maximum Gasteiger partial charge on any atom is 0.275 e. The van der Waals surface area contributed by atoms with Crippen molar-refractivity contribution in [2.45, 2.75) is 6.54 Å². The summed E-state index contributed by atoms with van der Waals surface area (Å²) in [6.45, 7) is 0.749. The first-order valence-electron chi connectivity index (χ1n) is 8.95. The van der Waals surface area contributed by atoms with E-state index in [1.54, 1.807) is 24.4 Å². The lowest BCUT2D eigenvalue weighted by atomic mass is 10.2. The molecule has 0 aliphatic rings. The lowest BCUT2D eigenvalue weighted by Crippen LogP contribution is -2.17. The van der Waals surface area contributed by atoms with E-state index in [9.17, 15) is 9.90 Å². The van der Waals surface area contributed by atoms with Crippen molar-refractivity contribution in [1.29, 1.82) is 0 Å². The van der Waals surface area contributed by atoms with Gasteiger partial charge in [-0.05, 0) is 23.8 Å². The number of aromatic hydroxyl groups is 1. The zero-order chi connectivity index (χ0) is 19.3. The molecule has 0 spiro atoms. The summed E-state index contributed by atoms with van der Waals surface area (Å²) in [4.78, 5) is 12.2. The lowest BCUT2D eigenvalue weighted by molar-refractivity contribution is 0.0952. The number of carbonyl (C=O) groups excluding carboxylic acids is 1. The van der Waals surface area contributed by atoms with E-state index in [1.165, 1.54) is 11.6 Å². The van der Waals surface area contributed by atoms with E-state index in [0.29, 0.717) is 0 Å². The Bertz CT molecular complexity index is 1150. The Morgan fingerprint density at radius 1 is 0.964 bits per heavy atom. The molecule has 138 valence electrons. The molecule has 1 amide bonds. The molecule has 5 nitrogen and oxygen atoms in total. The standard InChI is InChI=1S/C23H19N3O2/c27-22-13-7-5-11-20(22)23(28)25-24-14-18-16-26(15-17-8-2-1-3-9-17)21-12-6-4-10-19(18)21/h1-14,16,27H,15H2,(H,25,28)/b24-14-. The van der Waals surface area contributed by atoms with Crippen molar-refractivity contribution in [3.8, 4) is 5.75 Å². The van der Waals surface area contributed by atoms with Crippen LogP contribution in [0.5, 0.6) is 5.75 Å². The average Bonchev–Trinajstić information content (AvgIpc) is 3.07. The van der Waals surface area contributed by atoms with E-state index in [0.717, 1.165) is 23.0 Å². The maximum atomic E-state index is 12.2. The van der Waals surface area contributed by atoms with Crippen molar-refractivity contribution in [2.24, 2.45) is 5.10 Å². The van der Waals surface area contributed by atoms with Crippen LogP contribution in [0.2, 0.25) is 0 Å². The quantitative estimate of drug-likeness (QED) is 0.410. The highest BCUT2D eigenvalue weighted by molar-refractivity contribution is 6.01. The van der Waals surface area contributed by atoms with Gasteiger partial charge in [0.2, 0.25) is 0 Å². The molecule has 1 heterocycles. The molecule has 3 aromatic carbocycles. The molecular formula is C23H19N3O2. The molecule has 0 saturated heterocycles. The predicted molar refractivity (Wildman–Crippen MR) is 111 cm³/mol. The Kier molecular flexibility index (Phi) is 4.89. The maximum absolute atomic E-state index is 12.2. The topological polar surface area (TPSA) is 66.6 Å². The molecular weight excluding hydrogens is 350 g/mol. The van der Waals surface area contributed by atoms with Gasteiger partial charge < -0.3 is 9.67 Å². The molecule has 0 bridgehead atoms. The number of carbonyl (C=O) groups is 1. The molecule has 1 aromatic heterocycles. The molecule has 0 atom stereocenters. The minimum atomic E-state index is -0.456. The normalized spacial score (nSPS) is 11.1. The highest BCUT2D eigenvalue weighted by Gasteiger charge is 2.10. The van der Waals surface area contributed by atoms with Crippen LogP contribution in [-0.2, 0) is 6.54 Å². The van der Waals surface area contributed by atoms with Crippen LogP contribution in [0.15, 0.2) is 90.2 Å². The van der Waals surface area contributed by atoms with Crippen LogP contribution in [0.3, 0.4) is 0 Å². The zero-order valence-corrected chi connectivity index (χ0v) is 15.1. The molecule has 4 rings (SSSR count). The summed E-state index contributed by atoms with van der Waals surface area (Å²) in [5, 5.41) is 14.9. The number of hydrazone groups is 1. The summed E-state index contributed by atoms with van der Waals surface area (Å²) >= 11 is 0. The Morgan fingerprint density at radius 3 is 2.50 bits per heavy atom. The van der Waals surface area contributed by atoms with Gasteiger partial charge in [-0.1, -0.05) is 60.7 Å². The number of fused-ring (bicyclic) bond motifs is 1. The van der Waals surface area contributed by atoms with Gasteiger partial charge in [0.25, 0.3) is 5.91 Å². The second-order valence-corrected chi connectivity index (χ2v) is 6.43. The molecule has 0 unspecified atom stereocenters. The molecule has 4 aromatic rings. The first kappa shape index (κ1) is 17.5. The van der Waals surface area contributed by atoms with Gasteiger partial charge in [-0.15, -0.1) is 0 Å². The van der Waals surface area contributed by atoms with Crippen molar-refractivity contribution in [3.05, 3.63) is 102 Å². The van der Waals surface area contributed by atoms with E-state index < -0.39 is 5.91 Å². The molecule has 0 radical (unpaired) electrons. The fraction of sp³-hybridized carbons (Fsp3) is 0.0435. The number of phenols is 1. The molecule has 28 heavy (non-hydrogen) atoms. The van der Waals surface area contributed by atoms with Gasteiger partial charge in [-0.25, -0.2) is 5.43 Å². The zero-order valence-electron chi connectivity index (χ0n) is 15.1. The van der Waals surface area contributed by atoms with Gasteiger partial charge in [-0.3, -0.25) is 4.79 Å². The first-order chi connectivity index (χ1) is 13.7. The summed E-state index contributed by atoms with van der Waals surface area (Å²) in [6, 6.07) is 24.7. The largest absolute Gasteiger partial charge is 0.507 e. The second kappa shape index (κ2) is 7.80. The van der Waals surface area contributed by atoms with Crippen LogP contribution in [0.25, 0.3) is 10.9 Å². The van der Waals surface area contributed by atoms with Gasteiger partial charge in [0.05, 0.1) is 11.8 Å². The van der Waals surface area contributed by atoms with E-state index in [-0.39, 0.29) is 11.3 Å². The molecule has 0 fully saturated rings. The van der Waals surface area contributed by atoms with Crippen molar-refractivity contribution in [3.63, 3.8) is 0 Å². The number of hydrogen-bond donors (Lipinski definition) is 2. The van der Waals surface area contributed by atoms with Crippen LogP contribution in [0.1, 0.15) is 21.5 Å². The third-order valence-corrected chi connectivity index (χ3v) is 4.53. The minimum Gasteiger partial charge on any atom is -0.507 e. The van der Waals surface area contributed by atoms with Crippen LogP contribution in [-0.4, -0.2) is 21.8 Å². The molecule has 2 N–H and O–H groups in total. The highest BCUT2D eigenvalue weighted by Crippen LogP contribution is 2.21. The number of aromatic nitrogens is 1. The van der Waals surface area contributed by atoms with Crippen LogP contribution in [0, 0.1) is 0 Å². The molecule has 0 aliphatic carbocycles. The molecule has 0 saturated carbocycles. The SMILES string of the molecule is O=C(N/N=C\c1cn(Cc2ccccc2)c2ccccc12)c1ccccc1O. The van der Waals surface area contributed by atoms with E-state index in [2.05, 4.69) is 33.3 Å². The van der Waals surface area contributed by atoms with Gasteiger partial charge in [0.15, 0.2) is 0 Å². The Hall–Kier alpha value is -3.86. The van der Waals surface area contributed by atoms with Crippen LogP contribution in [0.4, 0.5) is 0 Å². The van der Waals surface area contributed by atoms with Gasteiger partial charge in [0.1, 0.15) is 5.75 Å². The number of nitrogens with zero attached hydrogens (tertiary/aromatic N) is 2. The number of phenolic OH excluding ortho intramolecular Hbond substituents is 1. The number of benzene rings is 3. The number of para-hydroxylation sites is 2. The lowest BCUT2D eigenvalue weighted by Gasteiger charge is -2.05. The number of rotatable bonds is 5. The Labute approximate surface area is 162 Å². The van der Waals surface area contributed by atoms with Crippen molar-refractivity contribution < 1.29 is 9.90 Å². The molecule has 5 heteroatoms. The van der Waals surface area contributed by atoms with Gasteiger partial charge in [-0.2, -0.15) is 5.10 Å². The van der Waals surface area contributed by atoms with Gasteiger partial charge in [0, 0.05) is 29.2 Å². The summed E-state index contributed by atoms with van der Waals surface area (Å²) in [7, 11) is 0. The van der Waals surface area contributed by atoms with Crippen LogP contribution < -0.4 is 5.43 Å². The first-order valence-corrected chi connectivity index (χ1v) is 8.95. The highest BCUT2D eigenvalue weighted by atomic mass is 16.3. The Balaban J connectivity index is 1.58.